The molecular formula is C27H35N3O2. The number of unbranched alkanes of at least 4 members (excludes halogenated alkanes) is 2. The summed E-state index contributed by atoms with van der Waals surface area (Å²) in [6, 6.07) is 18.3. The maximum atomic E-state index is 12.3. The van der Waals surface area contributed by atoms with Gasteiger partial charge in [-0.1, -0.05) is 56.0 Å². The Morgan fingerprint density at radius 2 is 1.75 bits per heavy atom. The van der Waals surface area contributed by atoms with E-state index in [1.807, 2.05) is 36.4 Å². The predicted molar refractivity (Wildman–Crippen MR) is 129 cm³/mol. The van der Waals surface area contributed by atoms with Gasteiger partial charge in [-0.05, 0) is 49.9 Å². The van der Waals surface area contributed by atoms with Gasteiger partial charge in [0.2, 0.25) is 5.91 Å². The first kappa shape index (κ1) is 22.4. The molecule has 4 rings (SSSR count). The average Bonchev–Trinajstić information content (AvgIpc) is 3.20. The molecule has 1 amide bonds. The van der Waals surface area contributed by atoms with E-state index in [0.29, 0.717) is 6.61 Å². The smallest absolute Gasteiger partial charge is 0.223 e. The Labute approximate surface area is 191 Å². The lowest BCUT2D eigenvalue weighted by Crippen LogP contribution is -2.32. The summed E-state index contributed by atoms with van der Waals surface area (Å²) in [6.45, 7) is 2.18. The summed E-state index contributed by atoms with van der Waals surface area (Å²) in [4.78, 5) is 17.1. The fourth-order valence-corrected chi connectivity index (χ4v) is 4.64. The number of benzene rings is 2. The van der Waals surface area contributed by atoms with Crippen LogP contribution in [0.5, 0.6) is 5.75 Å². The van der Waals surface area contributed by atoms with E-state index in [2.05, 4.69) is 28.1 Å². The summed E-state index contributed by atoms with van der Waals surface area (Å²) in [5, 5.41) is 3.15. The van der Waals surface area contributed by atoms with Crippen molar-refractivity contribution in [2.24, 2.45) is 5.92 Å². The number of para-hydroxylation sites is 3. The first-order chi connectivity index (χ1) is 15.8. The summed E-state index contributed by atoms with van der Waals surface area (Å²) in [6.07, 6.45) is 9.95. The van der Waals surface area contributed by atoms with Gasteiger partial charge in [0.05, 0.1) is 17.6 Å². The molecule has 0 bridgehead atoms. The largest absolute Gasteiger partial charge is 0.492 e. The van der Waals surface area contributed by atoms with Gasteiger partial charge in [-0.3, -0.25) is 4.79 Å². The van der Waals surface area contributed by atoms with E-state index >= 15 is 0 Å². The van der Waals surface area contributed by atoms with Crippen LogP contribution in [0.1, 0.15) is 57.2 Å². The molecule has 5 nitrogen and oxygen atoms in total. The van der Waals surface area contributed by atoms with Crippen molar-refractivity contribution in [3.8, 4) is 5.75 Å². The molecule has 32 heavy (non-hydrogen) atoms. The number of amides is 1. The van der Waals surface area contributed by atoms with Crippen LogP contribution >= 0.6 is 0 Å². The van der Waals surface area contributed by atoms with Gasteiger partial charge < -0.3 is 14.6 Å². The predicted octanol–water partition coefficient (Wildman–Crippen LogP) is 5.52. The number of imidazole rings is 1. The first-order valence-electron chi connectivity index (χ1n) is 12.2. The van der Waals surface area contributed by atoms with Gasteiger partial charge in [-0.25, -0.2) is 4.98 Å². The fourth-order valence-electron chi connectivity index (χ4n) is 4.64. The molecule has 0 aliphatic heterocycles. The lowest BCUT2D eigenvalue weighted by molar-refractivity contribution is -0.125. The Bertz CT molecular complexity index is 977. The first-order valence-corrected chi connectivity index (χ1v) is 12.2. The molecule has 1 aliphatic carbocycles. The van der Waals surface area contributed by atoms with Gasteiger partial charge in [0.15, 0.2) is 0 Å². The Hall–Kier alpha value is -2.82. The molecule has 1 N–H and O–H groups in total. The van der Waals surface area contributed by atoms with E-state index < -0.39 is 0 Å². The number of hydrogen-bond donors (Lipinski definition) is 1. The summed E-state index contributed by atoms with van der Waals surface area (Å²) in [5.41, 5.74) is 2.21. The summed E-state index contributed by atoms with van der Waals surface area (Å²) in [5.74, 6) is 2.54. The number of carbonyl (C=O) groups excluding carboxylic acids is 1. The minimum absolute atomic E-state index is 0.252. The van der Waals surface area contributed by atoms with Crippen LogP contribution in [-0.2, 0) is 17.8 Å². The van der Waals surface area contributed by atoms with Gasteiger partial charge in [-0.2, -0.15) is 0 Å². The van der Waals surface area contributed by atoms with Crippen molar-refractivity contribution < 1.29 is 9.53 Å². The van der Waals surface area contributed by atoms with Crippen LogP contribution in [0.4, 0.5) is 0 Å². The second-order valence-electron chi connectivity index (χ2n) is 8.77. The number of nitrogens with one attached hydrogen (secondary N) is 1. The van der Waals surface area contributed by atoms with Crippen molar-refractivity contribution in [3.05, 3.63) is 60.4 Å². The van der Waals surface area contributed by atoms with E-state index in [-0.39, 0.29) is 11.8 Å². The second kappa shape index (κ2) is 11.7. The minimum Gasteiger partial charge on any atom is -0.492 e. The van der Waals surface area contributed by atoms with Crippen molar-refractivity contribution in [2.75, 3.05) is 13.2 Å². The van der Waals surface area contributed by atoms with Crippen LogP contribution in [-0.4, -0.2) is 28.6 Å². The highest BCUT2D eigenvalue weighted by Crippen LogP contribution is 2.23. The third-order valence-corrected chi connectivity index (χ3v) is 6.41. The number of nitrogens with zero attached hydrogens (tertiary/aromatic N) is 2. The molecule has 1 aliphatic rings. The molecule has 1 saturated carbocycles. The summed E-state index contributed by atoms with van der Waals surface area (Å²) < 4.78 is 8.22. The molecule has 3 aromatic rings. The molecule has 2 aromatic carbocycles. The van der Waals surface area contributed by atoms with E-state index in [1.54, 1.807) is 0 Å². The third kappa shape index (κ3) is 6.12. The molecule has 0 atom stereocenters. The van der Waals surface area contributed by atoms with Gasteiger partial charge in [0.25, 0.3) is 0 Å². The summed E-state index contributed by atoms with van der Waals surface area (Å²) in [7, 11) is 0. The van der Waals surface area contributed by atoms with Crippen LogP contribution in [0, 0.1) is 5.92 Å². The number of carbonyl (C=O) groups is 1. The maximum Gasteiger partial charge on any atom is 0.223 e. The normalized spacial score (nSPS) is 14.5. The third-order valence-electron chi connectivity index (χ3n) is 6.41. The number of ether oxygens (including phenoxy) is 1. The Kier molecular flexibility index (Phi) is 8.18. The fraction of sp³-hybridized carbons (Fsp3) is 0.481. The highest BCUT2D eigenvalue weighted by Gasteiger charge is 2.20. The molecule has 1 heterocycles. The minimum atomic E-state index is 0.252. The van der Waals surface area contributed by atoms with E-state index in [4.69, 9.17) is 9.72 Å². The van der Waals surface area contributed by atoms with E-state index in [0.717, 1.165) is 68.7 Å². The number of hydrogen-bond acceptors (Lipinski definition) is 3. The SMILES string of the molecule is O=C(NCCCCCc1nc2ccccc2n1CCOc1ccccc1)C1CCCCC1. The van der Waals surface area contributed by atoms with Crippen LogP contribution < -0.4 is 10.1 Å². The molecule has 0 saturated heterocycles. The zero-order chi connectivity index (χ0) is 22.0. The Morgan fingerprint density at radius 3 is 2.59 bits per heavy atom. The highest BCUT2D eigenvalue weighted by atomic mass is 16.5. The Morgan fingerprint density at radius 1 is 0.969 bits per heavy atom. The van der Waals surface area contributed by atoms with Crippen LogP contribution in [0.15, 0.2) is 54.6 Å². The van der Waals surface area contributed by atoms with Crippen molar-refractivity contribution in [1.82, 2.24) is 14.9 Å². The zero-order valence-electron chi connectivity index (χ0n) is 19.0. The number of rotatable bonds is 11. The zero-order valence-corrected chi connectivity index (χ0v) is 19.0. The maximum absolute atomic E-state index is 12.3. The van der Waals surface area contributed by atoms with Crippen molar-refractivity contribution in [3.63, 3.8) is 0 Å². The molecule has 0 spiro atoms. The summed E-state index contributed by atoms with van der Waals surface area (Å²) >= 11 is 0. The van der Waals surface area contributed by atoms with Crippen LogP contribution in [0.2, 0.25) is 0 Å². The number of fused-ring (bicyclic) bond motifs is 1. The van der Waals surface area contributed by atoms with Gasteiger partial charge in [0, 0.05) is 18.9 Å². The molecule has 170 valence electrons. The van der Waals surface area contributed by atoms with Crippen LogP contribution in [0.3, 0.4) is 0 Å². The van der Waals surface area contributed by atoms with E-state index in [9.17, 15) is 4.79 Å². The molecule has 0 radical (unpaired) electrons. The number of aryl methyl sites for hydroxylation is 1. The monoisotopic (exact) mass is 433 g/mol. The average molecular weight is 434 g/mol. The standard InChI is InChI=1S/C27H35N3O2/c31-27(22-12-4-1-5-13-22)28-19-11-3-8-18-26-29-24-16-9-10-17-25(24)30(26)20-21-32-23-14-6-2-7-15-23/h2,6-7,9-10,14-17,22H,1,3-5,8,11-13,18-21H2,(H,28,31). The molecule has 1 fully saturated rings. The topological polar surface area (TPSA) is 56.2 Å². The highest BCUT2D eigenvalue weighted by molar-refractivity contribution is 5.78. The van der Waals surface area contributed by atoms with E-state index in [1.165, 1.54) is 24.8 Å². The molecular weight excluding hydrogens is 398 g/mol. The van der Waals surface area contributed by atoms with Gasteiger partial charge in [0.1, 0.15) is 18.2 Å². The Balaban J connectivity index is 1.24. The lowest BCUT2D eigenvalue weighted by atomic mass is 9.89. The van der Waals surface area contributed by atoms with Crippen molar-refractivity contribution in [2.45, 2.75) is 64.3 Å². The van der Waals surface area contributed by atoms with Gasteiger partial charge >= 0.3 is 0 Å². The molecule has 0 unspecified atom stereocenters. The second-order valence-corrected chi connectivity index (χ2v) is 8.77. The van der Waals surface area contributed by atoms with Crippen molar-refractivity contribution in [1.29, 1.82) is 0 Å². The molecule has 1 aromatic heterocycles. The quantitative estimate of drug-likeness (QED) is 0.405. The molecule has 5 heteroatoms. The lowest BCUT2D eigenvalue weighted by Gasteiger charge is -2.20. The van der Waals surface area contributed by atoms with Gasteiger partial charge in [-0.15, -0.1) is 0 Å². The van der Waals surface area contributed by atoms with Crippen molar-refractivity contribution >= 4 is 16.9 Å². The van der Waals surface area contributed by atoms with Crippen LogP contribution in [0.25, 0.3) is 11.0 Å². The number of aromatic nitrogens is 2.